The second kappa shape index (κ2) is 3.62. The molecule has 6 heteroatoms. The van der Waals surface area contributed by atoms with Crippen molar-refractivity contribution in [1.82, 2.24) is 9.97 Å². The number of nitrogens with zero attached hydrogens (tertiary/aromatic N) is 1. The molecule has 3 N–H and O–H groups in total. The predicted octanol–water partition coefficient (Wildman–Crippen LogP) is 0.355. The Morgan fingerprint density at radius 3 is 2.88 bits per heavy atom. The Morgan fingerprint density at radius 1 is 1.69 bits per heavy atom. The van der Waals surface area contributed by atoms with Gasteiger partial charge in [-0.2, -0.15) is 0 Å². The number of rotatable bonds is 4. The van der Waals surface area contributed by atoms with Crippen LogP contribution in [-0.2, 0) is 4.79 Å². The molecule has 16 heavy (non-hydrogen) atoms. The Morgan fingerprint density at radius 2 is 2.38 bits per heavy atom. The highest BCUT2D eigenvalue weighted by Crippen LogP contribution is 2.45. The summed E-state index contributed by atoms with van der Waals surface area (Å²) in [6.07, 6.45) is 1.36. The van der Waals surface area contributed by atoms with E-state index in [9.17, 15) is 9.59 Å². The van der Waals surface area contributed by atoms with Crippen LogP contribution in [-0.4, -0.2) is 27.6 Å². The van der Waals surface area contributed by atoms with E-state index in [1.54, 1.807) is 6.92 Å². The third kappa shape index (κ3) is 2.05. The zero-order valence-electron chi connectivity index (χ0n) is 8.91. The van der Waals surface area contributed by atoms with Crippen molar-refractivity contribution in [3.63, 3.8) is 0 Å². The van der Waals surface area contributed by atoms with Gasteiger partial charge in [-0.3, -0.25) is 9.59 Å². The SMILES string of the molecule is Cc1nc(NCC2(C(=O)O)CC2)cc(=O)[nH]1. The number of anilines is 1. The highest BCUT2D eigenvalue weighted by molar-refractivity contribution is 5.78. The Hall–Kier alpha value is -1.85. The monoisotopic (exact) mass is 223 g/mol. The first-order valence-corrected chi connectivity index (χ1v) is 5.07. The van der Waals surface area contributed by atoms with Crippen LogP contribution in [0, 0.1) is 12.3 Å². The van der Waals surface area contributed by atoms with Crippen LogP contribution in [0.5, 0.6) is 0 Å². The van der Waals surface area contributed by atoms with Gasteiger partial charge in [0.25, 0.3) is 5.56 Å². The maximum absolute atomic E-state index is 11.1. The largest absolute Gasteiger partial charge is 0.481 e. The number of aromatic amines is 1. The number of carboxylic acids is 1. The van der Waals surface area contributed by atoms with Crippen LogP contribution in [0.1, 0.15) is 18.7 Å². The molecule has 0 radical (unpaired) electrons. The van der Waals surface area contributed by atoms with Crippen LogP contribution in [0.25, 0.3) is 0 Å². The van der Waals surface area contributed by atoms with Gasteiger partial charge in [-0.05, 0) is 19.8 Å². The zero-order valence-corrected chi connectivity index (χ0v) is 8.91. The van der Waals surface area contributed by atoms with Gasteiger partial charge in [0.1, 0.15) is 11.6 Å². The minimum Gasteiger partial charge on any atom is -0.481 e. The van der Waals surface area contributed by atoms with Crippen molar-refractivity contribution in [3.05, 3.63) is 22.2 Å². The molecule has 0 saturated heterocycles. The lowest BCUT2D eigenvalue weighted by molar-refractivity contribution is -0.142. The number of H-pyrrole nitrogens is 1. The number of hydrogen-bond donors (Lipinski definition) is 3. The van der Waals surface area contributed by atoms with E-state index < -0.39 is 11.4 Å². The summed E-state index contributed by atoms with van der Waals surface area (Å²) in [4.78, 5) is 28.6. The summed E-state index contributed by atoms with van der Waals surface area (Å²) in [5.74, 6) is 0.144. The molecule has 1 aliphatic carbocycles. The Bertz CT molecular complexity index is 476. The highest BCUT2D eigenvalue weighted by Gasteiger charge is 2.50. The van der Waals surface area contributed by atoms with Gasteiger partial charge in [0.15, 0.2) is 0 Å². The average Bonchev–Trinajstić information content (AvgIpc) is 2.94. The molecule has 86 valence electrons. The Labute approximate surface area is 91.7 Å². The second-order valence-electron chi connectivity index (χ2n) is 4.16. The molecule has 1 fully saturated rings. The summed E-state index contributed by atoms with van der Waals surface area (Å²) in [7, 11) is 0. The van der Waals surface area contributed by atoms with E-state index >= 15 is 0 Å². The van der Waals surface area contributed by atoms with Crippen molar-refractivity contribution in [3.8, 4) is 0 Å². The first kappa shape index (κ1) is 10.7. The summed E-state index contributed by atoms with van der Waals surface area (Å²) in [6, 6.07) is 1.32. The molecule has 0 aromatic carbocycles. The van der Waals surface area contributed by atoms with Gasteiger partial charge in [-0.1, -0.05) is 0 Å². The smallest absolute Gasteiger partial charge is 0.311 e. The van der Waals surface area contributed by atoms with Gasteiger partial charge in [0, 0.05) is 12.6 Å². The fraction of sp³-hybridized carbons (Fsp3) is 0.500. The fourth-order valence-electron chi connectivity index (χ4n) is 1.55. The van der Waals surface area contributed by atoms with E-state index in [2.05, 4.69) is 15.3 Å². The maximum atomic E-state index is 11.1. The lowest BCUT2D eigenvalue weighted by Crippen LogP contribution is -2.25. The van der Waals surface area contributed by atoms with Crippen LogP contribution in [0.3, 0.4) is 0 Å². The van der Waals surface area contributed by atoms with Gasteiger partial charge in [0.2, 0.25) is 0 Å². The molecule has 0 spiro atoms. The van der Waals surface area contributed by atoms with Gasteiger partial charge in [-0.25, -0.2) is 4.98 Å². The maximum Gasteiger partial charge on any atom is 0.311 e. The second-order valence-corrected chi connectivity index (χ2v) is 4.16. The van der Waals surface area contributed by atoms with Crippen molar-refractivity contribution < 1.29 is 9.90 Å². The van der Waals surface area contributed by atoms with Crippen LogP contribution in [0.4, 0.5) is 5.82 Å². The van der Waals surface area contributed by atoms with E-state index in [0.29, 0.717) is 31.0 Å². The van der Waals surface area contributed by atoms with E-state index in [-0.39, 0.29) is 5.56 Å². The number of aromatic nitrogens is 2. The molecule has 0 aliphatic heterocycles. The normalized spacial score (nSPS) is 16.8. The third-order valence-corrected chi connectivity index (χ3v) is 2.78. The topological polar surface area (TPSA) is 95.1 Å². The Kier molecular flexibility index (Phi) is 2.41. The van der Waals surface area contributed by atoms with E-state index in [1.807, 2.05) is 0 Å². The summed E-state index contributed by atoms with van der Waals surface area (Å²) in [5, 5.41) is 11.9. The molecule has 0 unspecified atom stereocenters. The van der Waals surface area contributed by atoms with Crippen LogP contribution >= 0.6 is 0 Å². The lowest BCUT2D eigenvalue weighted by atomic mass is 10.1. The predicted molar refractivity (Wildman–Crippen MR) is 57.4 cm³/mol. The van der Waals surface area contributed by atoms with Crippen LogP contribution < -0.4 is 10.9 Å². The Balaban J connectivity index is 2.05. The third-order valence-electron chi connectivity index (χ3n) is 2.78. The number of hydrogen-bond acceptors (Lipinski definition) is 4. The molecule has 0 amide bonds. The molecule has 0 bridgehead atoms. The zero-order chi connectivity index (χ0) is 11.8. The molecule has 2 rings (SSSR count). The van der Waals surface area contributed by atoms with Gasteiger partial charge < -0.3 is 15.4 Å². The van der Waals surface area contributed by atoms with Crippen molar-refractivity contribution in [2.45, 2.75) is 19.8 Å². The summed E-state index contributed by atoms with van der Waals surface area (Å²) >= 11 is 0. The summed E-state index contributed by atoms with van der Waals surface area (Å²) < 4.78 is 0. The molecule has 1 aromatic heterocycles. The van der Waals surface area contributed by atoms with Crippen molar-refractivity contribution in [2.75, 3.05) is 11.9 Å². The minimum absolute atomic E-state index is 0.241. The molecule has 1 aliphatic rings. The number of aryl methyl sites for hydroxylation is 1. The molecular formula is C10H13N3O3. The van der Waals surface area contributed by atoms with Gasteiger partial charge in [-0.15, -0.1) is 0 Å². The van der Waals surface area contributed by atoms with E-state index in [0.717, 1.165) is 0 Å². The first-order valence-electron chi connectivity index (χ1n) is 5.07. The van der Waals surface area contributed by atoms with E-state index in [4.69, 9.17) is 5.11 Å². The molecule has 1 saturated carbocycles. The van der Waals surface area contributed by atoms with Crippen LogP contribution in [0.15, 0.2) is 10.9 Å². The first-order chi connectivity index (χ1) is 7.52. The summed E-state index contributed by atoms with van der Waals surface area (Å²) in [6.45, 7) is 1.99. The molecule has 1 heterocycles. The van der Waals surface area contributed by atoms with Crippen LogP contribution in [0.2, 0.25) is 0 Å². The number of carbonyl (C=O) groups is 1. The standard InChI is InChI=1S/C10H13N3O3/c1-6-12-7(4-8(14)13-6)11-5-10(2-3-10)9(15)16/h4H,2-3,5H2,1H3,(H,15,16)(H2,11,12,13,14). The van der Waals surface area contributed by atoms with Gasteiger partial charge >= 0.3 is 5.97 Å². The van der Waals surface area contributed by atoms with Crippen molar-refractivity contribution in [2.24, 2.45) is 5.41 Å². The number of nitrogens with one attached hydrogen (secondary N) is 2. The number of aliphatic carboxylic acids is 1. The van der Waals surface area contributed by atoms with Crippen molar-refractivity contribution >= 4 is 11.8 Å². The van der Waals surface area contributed by atoms with Gasteiger partial charge in [0.05, 0.1) is 5.41 Å². The molecule has 0 atom stereocenters. The average molecular weight is 223 g/mol. The summed E-state index contributed by atoms with van der Waals surface area (Å²) in [5.41, 5.74) is -0.895. The minimum atomic E-state index is -0.790. The lowest BCUT2D eigenvalue weighted by Gasteiger charge is -2.11. The molecular weight excluding hydrogens is 210 g/mol. The van der Waals surface area contributed by atoms with E-state index in [1.165, 1.54) is 6.07 Å². The molecule has 6 nitrogen and oxygen atoms in total. The number of carboxylic acid groups (broad SMARTS) is 1. The highest BCUT2D eigenvalue weighted by atomic mass is 16.4. The molecule has 1 aromatic rings. The fourth-order valence-corrected chi connectivity index (χ4v) is 1.55. The quantitative estimate of drug-likeness (QED) is 0.684. The van der Waals surface area contributed by atoms with Crippen molar-refractivity contribution in [1.29, 1.82) is 0 Å².